The molecule has 56 valence electrons. The first-order chi connectivity index (χ1) is 5.27. The summed E-state index contributed by atoms with van der Waals surface area (Å²) in [5, 5.41) is 0. The number of hydrogen-bond donors (Lipinski definition) is 1. The molecule has 2 aromatic heterocycles. The number of nitrogens with one attached hydrogen (secondary N) is 1. The zero-order valence-electron chi connectivity index (χ0n) is 5.90. The zero-order chi connectivity index (χ0) is 7.84. The molecule has 0 bridgehead atoms. The van der Waals surface area contributed by atoms with Gasteiger partial charge in [0, 0.05) is 13.2 Å². The van der Waals surface area contributed by atoms with Crippen molar-refractivity contribution in [3.05, 3.63) is 23.0 Å². The van der Waals surface area contributed by atoms with Gasteiger partial charge in [-0.15, -0.1) is 0 Å². The van der Waals surface area contributed by atoms with Gasteiger partial charge >= 0.3 is 5.69 Å². The van der Waals surface area contributed by atoms with Gasteiger partial charge in [0.1, 0.15) is 5.52 Å². The predicted octanol–water partition coefficient (Wildman–Crippen LogP) is -0.343. The highest BCUT2D eigenvalue weighted by molar-refractivity contribution is 5.67. The first-order valence-electron chi connectivity index (χ1n) is 3.14. The average Bonchev–Trinajstić information content (AvgIpc) is 2.36. The standard InChI is InChI=1S/C6H6N4O/c1-10-2-4-5(8-3-7-4)9-6(10)11/h2-3H,1H3,(H,7,8,9,11). The molecule has 1 N–H and O–H groups in total. The van der Waals surface area contributed by atoms with Crippen molar-refractivity contribution in [1.82, 2.24) is 19.5 Å². The van der Waals surface area contributed by atoms with Crippen molar-refractivity contribution in [3.63, 3.8) is 0 Å². The molecule has 11 heavy (non-hydrogen) atoms. The second-order valence-electron chi connectivity index (χ2n) is 2.27. The van der Waals surface area contributed by atoms with Crippen molar-refractivity contribution in [2.75, 3.05) is 0 Å². The molecule has 0 amide bonds. The van der Waals surface area contributed by atoms with Gasteiger partial charge in [-0.05, 0) is 0 Å². The van der Waals surface area contributed by atoms with Crippen LogP contribution in [0.2, 0.25) is 0 Å². The van der Waals surface area contributed by atoms with Gasteiger partial charge in [0.25, 0.3) is 0 Å². The van der Waals surface area contributed by atoms with E-state index in [1.165, 1.54) is 10.9 Å². The Labute approximate surface area is 61.7 Å². The lowest BCUT2D eigenvalue weighted by Gasteiger charge is -1.92. The molecule has 2 heterocycles. The Kier molecular flexibility index (Phi) is 1.06. The van der Waals surface area contributed by atoms with Crippen molar-refractivity contribution in [2.24, 2.45) is 7.05 Å². The van der Waals surface area contributed by atoms with Gasteiger partial charge < -0.3 is 4.98 Å². The van der Waals surface area contributed by atoms with Crippen LogP contribution in [0.3, 0.4) is 0 Å². The molecular formula is C6H6N4O. The first kappa shape index (κ1) is 6.09. The molecule has 2 rings (SSSR count). The van der Waals surface area contributed by atoms with Crippen LogP contribution in [-0.4, -0.2) is 19.5 Å². The normalized spacial score (nSPS) is 10.6. The summed E-state index contributed by atoms with van der Waals surface area (Å²) in [5.41, 5.74) is 0.960. The van der Waals surface area contributed by atoms with E-state index in [4.69, 9.17) is 0 Å². The van der Waals surface area contributed by atoms with Gasteiger partial charge in [-0.1, -0.05) is 0 Å². The molecule has 0 aliphatic rings. The summed E-state index contributed by atoms with van der Waals surface area (Å²) in [7, 11) is 1.64. The van der Waals surface area contributed by atoms with E-state index in [9.17, 15) is 4.79 Å². The highest BCUT2D eigenvalue weighted by Crippen LogP contribution is 1.99. The van der Waals surface area contributed by atoms with Crippen molar-refractivity contribution in [3.8, 4) is 0 Å². The minimum absolute atomic E-state index is 0.276. The Balaban J connectivity index is 2.97. The van der Waals surface area contributed by atoms with E-state index in [0.29, 0.717) is 11.2 Å². The van der Waals surface area contributed by atoms with Crippen LogP contribution in [0.1, 0.15) is 0 Å². The third kappa shape index (κ3) is 0.813. The maximum atomic E-state index is 10.9. The fourth-order valence-corrected chi connectivity index (χ4v) is 0.895. The van der Waals surface area contributed by atoms with Crippen molar-refractivity contribution in [2.45, 2.75) is 0 Å². The molecule has 5 nitrogen and oxygen atoms in total. The van der Waals surface area contributed by atoms with Crippen LogP contribution in [-0.2, 0) is 7.05 Å². The zero-order valence-corrected chi connectivity index (χ0v) is 5.90. The quantitative estimate of drug-likeness (QED) is 0.558. The third-order valence-corrected chi connectivity index (χ3v) is 1.47. The number of aromatic nitrogens is 4. The maximum Gasteiger partial charge on any atom is 0.349 e. The Bertz CT molecular complexity index is 441. The van der Waals surface area contributed by atoms with E-state index in [0.717, 1.165) is 0 Å². The Morgan fingerprint density at radius 3 is 3.27 bits per heavy atom. The summed E-state index contributed by atoms with van der Waals surface area (Å²) >= 11 is 0. The van der Waals surface area contributed by atoms with E-state index >= 15 is 0 Å². The number of nitrogens with zero attached hydrogens (tertiary/aromatic N) is 3. The van der Waals surface area contributed by atoms with Crippen LogP contribution in [0.15, 0.2) is 17.3 Å². The molecule has 5 heteroatoms. The smallest absolute Gasteiger partial charge is 0.329 e. The SMILES string of the molecule is Cn1cc2nc[nH]c2nc1=O. The summed E-state index contributed by atoms with van der Waals surface area (Å²) in [5.74, 6) is 0. The van der Waals surface area contributed by atoms with E-state index < -0.39 is 0 Å². The second-order valence-corrected chi connectivity index (χ2v) is 2.27. The van der Waals surface area contributed by atoms with Crippen LogP contribution in [0.25, 0.3) is 11.2 Å². The van der Waals surface area contributed by atoms with Crippen LogP contribution in [0.5, 0.6) is 0 Å². The number of fused-ring (bicyclic) bond motifs is 1. The molecule has 0 aliphatic carbocycles. The topological polar surface area (TPSA) is 63.6 Å². The van der Waals surface area contributed by atoms with Gasteiger partial charge in [-0.3, -0.25) is 4.57 Å². The third-order valence-electron chi connectivity index (χ3n) is 1.47. The Morgan fingerprint density at radius 1 is 1.64 bits per heavy atom. The van der Waals surface area contributed by atoms with Crippen molar-refractivity contribution in [1.29, 1.82) is 0 Å². The van der Waals surface area contributed by atoms with Crippen LogP contribution in [0, 0.1) is 0 Å². The highest BCUT2D eigenvalue weighted by atomic mass is 16.1. The number of aryl methyl sites for hydroxylation is 1. The number of imidazole rings is 1. The van der Waals surface area contributed by atoms with Crippen molar-refractivity contribution < 1.29 is 0 Å². The fraction of sp³-hybridized carbons (Fsp3) is 0.167. The number of H-pyrrole nitrogens is 1. The fourth-order valence-electron chi connectivity index (χ4n) is 0.895. The minimum atomic E-state index is -0.276. The predicted molar refractivity (Wildman–Crippen MR) is 39.1 cm³/mol. The summed E-state index contributed by atoms with van der Waals surface area (Å²) < 4.78 is 1.39. The Morgan fingerprint density at radius 2 is 2.45 bits per heavy atom. The van der Waals surface area contributed by atoms with Crippen LogP contribution in [0.4, 0.5) is 0 Å². The lowest BCUT2D eigenvalue weighted by atomic mass is 10.5. The van der Waals surface area contributed by atoms with E-state index in [1.54, 1.807) is 13.2 Å². The highest BCUT2D eigenvalue weighted by Gasteiger charge is 1.98. The largest absolute Gasteiger partial charge is 0.349 e. The van der Waals surface area contributed by atoms with Crippen LogP contribution >= 0.6 is 0 Å². The molecular weight excluding hydrogens is 144 g/mol. The summed E-state index contributed by atoms with van der Waals surface area (Å²) in [6.07, 6.45) is 3.15. The second kappa shape index (κ2) is 1.91. The van der Waals surface area contributed by atoms with E-state index in [2.05, 4.69) is 15.0 Å². The number of rotatable bonds is 0. The molecule has 0 spiro atoms. The molecule has 0 fully saturated rings. The molecule has 0 unspecified atom stereocenters. The first-order valence-corrected chi connectivity index (χ1v) is 3.14. The monoisotopic (exact) mass is 150 g/mol. The molecule has 0 atom stereocenters. The van der Waals surface area contributed by atoms with Gasteiger partial charge in [-0.2, -0.15) is 4.98 Å². The number of aromatic amines is 1. The summed E-state index contributed by atoms with van der Waals surface area (Å²) in [6.45, 7) is 0. The number of hydrogen-bond acceptors (Lipinski definition) is 3. The van der Waals surface area contributed by atoms with Gasteiger partial charge in [-0.25, -0.2) is 9.78 Å². The molecule has 2 aromatic rings. The van der Waals surface area contributed by atoms with Gasteiger partial charge in [0.15, 0.2) is 5.65 Å². The molecule has 0 saturated heterocycles. The summed E-state index contributed by atoms with van der Waals surface area (Å²) in [6, 6.07) is 0. The lowest BCUT2D eigenvalue weighted by Crippen LogP contribution is -2.18. The van der Waals surface area contributed by atoms with Crippen molar-refractivity contribution >= 4 is 11.2 Å². The van der Waals surface area contributed by atoms with Crippen LogP contribution < -0.4 is 5.69 Å². The maximum absolute atomic E-state index is 10.9. The molecule has 0 aliphatic heterocycles. The summed E-state index contributed by atoms with van der Waals surface area (Å²) in [4.78, 5) is 21.4. The molecule has 0 radical (unpaired) electrons. The molecule has 0 saturated carbocycles. The Hall–Kier alpha value is -1.65. The average molecular weight is 150 g/mol. The van der Waals surface area contributed by atoms with E-state index in [-0.39, 0.29) is 5.69 Å². The minimum Gasteiger partial charge on any atom is -0.329 e. The van der Waals surface area contributed by atoms with Gasteiger partial charge in [0.05, 0.1) is 6.33 Å². The van der Waals surface area contributed by atoms with Gasteiger partial charge in [0.2, 0.25) is 0 Å². The molecule has 0 aromatic carbocycles. The lowest BCUT2D eigenvalue weighted by molar-refractivity contribution is 0.824. The van der Waals surface area contributed by atoms with E-state index in [1.807, 2.05) is 0 Å².